The average Bonchev–Trinajstić information content (AvgIpc) is 2.69. The Bertz CT molecular complexity index is 439. The molecule has 0 aliphatic carbocycles. The van der Waals surface area contributed by atoms with E-state index in [2.05, 4.69) is 15.9 Å². The predicted molar refractivity (Wildman–Crippen MR) is 72.0 cm³/mol. The van der Waals surface area contributed by atoms with Gasteiger partial charge in [-0.1, -0.05) is 33.6 Å². The lowest BCUT2D eigenvalue weighted by atomic mass is 10.1. The molecule has 1 aromatic rings. The molecule has 0 unspecified atom stereocenters. The highest BCUT2D eigenvalue weighted by atomic mass is 79.9. The number of hydrogen-bond donors (Lipinski definition) is 1. The number of carbonyl (C=O) groups excluding carboxylic acids is 1. The third kappa shape index (κ3) is 3.21. The summed E-state index contributed by atoms with van der Waals surface area (Å²) >= 11 is 9.27. The molecule has 92 valence electrons. The summed E-state index contributed by atoms with van der Waals surface area (Å²) in [6.07, 6.45) is 1.29. The second kappa shape index (κ2) is 5.38. The van der Waals surface area contributed by atoms with Gasteiger partial charge >= 0.3 is 0 Å². The van der Waals surface area contributed by atoms with Gasteiger partial charge in [-0.3, -0.25) is 4.79 Å². The van der Waals surface area contributed by atoms with Crippen molar-refractivity contribution in [3.8, 4) is 0 Å². The van der Waals surface area contributed by atoms with Gasteiger partial charge < -0.3 is 10.6 Å². The molecule has 1 aromatic carbocycles. The molecule has 1 atom stereocenters. The van der Waals surface area contributed by atoms with Crippen molar-refractivity contribution in [1.82, 2.24) is 4.90 Å². The van der Waals surface area contributed by atoms with Crippen molar-refractivity contribution in [3.05, 3.63) is 33.3 Å². The molecule has 0 bridgehead atoms. The van der Waals surface area contributed by atoms with Gasteiger partial charge in [0.1, 0.15) is 0 Å². The van der Waals surface area contributed by atoms with Gasteiger partial charge in [0, 0.05) is 28.6 Å². The summed E-state index contributed by atoms with van der Waals surface area (Å²) in [6, 6.07) is 5.61. The van der Waals surface area contributed by atoms with Crippen LogP contribution in [0, 0.1) is 0 Å². The molecule has 5 heteroatoms. The normalized spacial score (nSPS) is 19.7. The van der Waals surface area contributed by atoms with Crippen molar-refractivity contribution in [3.63, 3.8) is 0 Å². The van der Waals surface area contributed by atoms with Crippen LogP contribution in [-0.4, -0.2) is 29.9 Å². The van der Waals surface area contributed by atoms with Gasteiger partial charge in [0.15, 0.2) is 0 Å². The fourth-order valence-corrected chi connectivity index (χ4v) is 2.78. The van der Waals surface area contributed by atoms with Crippen LogP contribution in [0.15, 0.2) is 22.7 Å². The van der Waals surface area contributed by atoms with Gasteiger partial charge in [0.05, 0.1) is 6.42 Å². The fraction of sp³-hybridized carbons (Fsp3) is 0.417. The van der Waals surface area contributed by atoms with Crippen molar-refractivity contribution in [2.45, 2.75) is 18.9 Å². The van der Waals surface area contributed by atoms with Crippen LogP contribution in [0.4, 0.5) is 0 Å². The number of likely N-dealkylation sites (tertiary alicyclic amines) is 1. The van der Waals surface area contributed by atoms with Gasteiger partial charge in [-0.2, -0.15) is 0 Å². The molecule has 0 radical (unpaired) electrons. The first-order chi connectivity index (χ1) is 8.06. The average molecular weight is 318 g/mol. The number of rotatable bonds is 2. The molecule has 1 heterocycles. The van der Waals surface area contributed by atoms with Gasteiger partial charge in [0.2, 0.25) is 5.91 Å². The summed E-state index contributed by atoms with van der Waals surface area (Å²) in [4.78, 5) is 13.8. The van der Waals surface area contributed by atoms with E-state index in [1.807, 2.05) is 11.0 Å². The van der Waals surface area contributed by atoms with E-state index in [1.54, 1.807) is 12.1 Å². The molecule has 1 aliphatic rings. The van der Waals surface area contributed by atoms with Crippen molar-refractivity contribution in [2.75, 3.05) is 13.1 Å². The summed E-state index contributed by atoms with van der Waals surface area (Å²) in [5, 5.41) is 0.663. The Morgan fingerprint density at radius 1 is 1.59 bits per heavy atom. The topological polar surface area (TPSA) is 46.3 Å². The van der Waals surface area contributed by atoms with Gasteiger partial charge in [-0.05, 0) is 24.1 Å². The van der Waals surface area contributed by atoms with Crippen LogP contribution in [0.1, 0.15) is 12.0 Å². The maximum absolute atomic E-state index is 12.0. The van der Waals surface area contributed by atoms with E-state index in [0.717, 1.165) is 23.0 Å². The van der Waals surface area contributed by atoms with Crippen molar-refractivity contribution in [1.29, 1.82) is 0 Å². The number of hydrogen-bond acceptors (Lipinski definition) is 2. The maximum atomic E-state index is 12.0. The van der Waals surface area contributed by atoms with Crippen LogP contribution in [0.5, 0.6) is 0 Å². The van der Waals surface area contributed by atoms with Gasteiger partial charge in [0.25, 0.3) is 0 Å². The zero-order chi connectivity index (χ0) is 12.4. The summed E-state index contributed by atoms with van der Waals surface area (Å²) in [7, 11) is 0. The van der Waals surface area contributed by atoms with Crippen LogP contribution in [0.3, 0.4) is 0 Å². The van der Waals surface area contributed by atoms with E-state index in [1.165, 1.54) is 0 Å². The zero-order valence-electron chi connectivity index (χ0n) is 9.33. The minimum absolute atomic E-state index is 0.126. The molecule has 1 fully saturated rings. The first-order valence-electron chi connectivity index (χ1n) is 5.53. The Morgan fingerprint density at radius 2 is 2.35 bits per heavy atom. The van der Waals surface area contributed by atoms with E-state index in [-0.39, 0.29) is 11.9 Å². The number of carbonyl (C=O) groups is 1. The second-order valence-corrected chi connectivity index (χ2v) is 5.59. The van der Waals surface area contributed by atoms with Crippen LogP contribution in [0.25, 0.3) is 0 Å². The number of benzene rings is 1. The SMILES string of the molecule is N[C@@H]1CCN(C(=O)Cc2ccc(Cl)cc2Br)C1. The summed E-state index contributed by atoms with van der Waals surface area (Å²) < 4.78 is 0.877. The number of amides is 1. The van der Waals surface area contributed by atoms with Crippen molar-refractivity contribution in [2.24, 2.45) is 5.73 Å². The van der Waals surface area contributed by atoms with Gasteiger partial charge in [-0.15, -0.1) is 0 Å². The molecule has 3 nitrogen and oxygen atoms in total. The second-order valence-electron chi connectivity index (χ2n) is 4.30. The van der Waals surface area contributed by atoms with E-state index in [4.69, 9.17) is 17.3 Å². The first kappa shape index (κ1) is 12.9. The smallest absolute Gasteiger partial charge is 0.227 e. The molecule has 0 spiro atoms. The Labute approximate surface area is 114 Å². The predicted octanol–water partition coefficient (Wildman–Crippen LogP) is 2.20. The molecular formula is C12H14BrClN2O. The highest BCUT2D eigenvalue weighted by Gasteiger charge is 2.23. The Hall–Kier alpha value is -0.580. The first-order valence-corrected chi connectivity index (χ1v) is 6.70. The molecule has 17 heavy (non-hydrogen) atoms. The lowest BCUT2D eigenvalue weighted by Crippen LogP contribution is -2.32. The minimum atomic E-state index is 0.126. The van der Waals surface area contributed by atoms with E-state index >= 15 is 0 Å². The quantitative estimate of drug-likeness (QED) is 0.909. The molecule has 2 rings (SSSR count). The fourth-order valence-electron chi connectivity index (χ4n) is 1.95. The monoisotopic (exact) mass is 316 g/mol. The number of halogens is 2. The molecule has 0 aromatic heterocycles. The number of nitrogens with zero attached hydrogens (tertiary/aromatic N) is 1. The summed E-state index contributed by atoms with van der Waals surface area (Å²) in [6.45, 7) is 1.44. The molecule has 0 saturated carbocycles. The van der Waals surface area contributed by atoms with Crippen LogP contribution in [0.2, 0.25) is 5.02 Å². The maximum Gasteiger partial charge on any atom is 0.227 e. The largest absolute Gasteiger partial charge is 0.341 e. The zero-order valence-corrected chi connectivity index (χ0v) is 11.7. The highest BCUT2D eigenvalue weighted by Crippen LogP contribution is 2.22. The molecule has 2 N–H and O–H groups in total. The lowest BCUT2D eigenvalue weighted by molar-refractivity contribution is -0.129. The Kier molecular flexibility index (Phi) is 4.07. The van der Waals surface area contributed by atoms with E-state index < -0.39 is 0 Å². The minimum Gasteiger partial charge on any atom is -0.341 e. The highest BCUT2D eigenvalue weighted by molar-refractivity contribution is 9.10. The summed E-state index contributed by atoms with van der Waals surface area (Å²) in [5.41, 5.74) is 6.74. The lowest BCUT2D eigenvalue weighted by Gasteiger charge is -2.16. The third-order valence-corrected chi connectivity index (χ3v) is 3.91. The van der Waals surface area contributed by atoms with Crippen molar-refractivity contribution < 1.29 is 4.79 Å². The third-order valence-electron chi connectivity index (χ3n) is 2.93. The Balaban J connectivity index is 2.03. The Morgan fingerprint density at radius 3 is 2.94 bits per heavy atom. The molecular weight excluding hydrogens is 304 g/mol. The summed E-state index contributed by atoms with van der Waals surface area (Å²) in [5.74, 6) is 0.126. The molecule has 1 amide bonds. The molecule has 1 saturated heterocycles. The van der Waals surface area contributed by atoms with E-state index in [0.29, 0.717) is 18.0 Å². The van der Waals surface area contributed by atoms with E-state index in [9.17, 15) is 4.79 Å². The molecule has 1 aliphatic heterocycles. The van der Waals surface area contributed by atoms with Gasteiger partial charge in [-0.25, -0.2) is 0 Å². The van der Waals surface area contributed by atoms with Crippen LogP contribution >= 0.6 is 27.5 Å². The van der Waals surface area contributed by atoms with Crippen LogP contribution < -0.4 is 5.73 Å². The van der Waals surface area contributed by atoms with Crippen LogP contribution in [-0.2, 0) is 11.2 Å². The standard InChI is InChI=1S/C12H14BrClN2O/c13-11-6-9(14)2-1-8(11)5-12(17)16-4-3-10(15)7-16/h1-2,6,10H,3-5,7,15H2/t10-/m1/s1. The van der Waals surface area contributed by atoms with Crippen molar-refractivity contribution >= 4 is 33.4 Å². The number of nitrogens with two attached hydrogens (primary N) is 1.